The second-order valence-corrected chi connectivity index (χ2v) is 4.36. The van der Waals surface area contributed by atoms with E-state index in [0.717, 1.165) is 6.07 Å². The van der Waals surface area contributed by atoms with Gasteiger partial charge in [-0.2, -0.15) is 4.39 Å². The Hall–Kier alpha value is -2.44. The molecule has 2 aromatic rings. The van der Waals surface area contributed by atoms with E-state index in [1.165, 1.54) is 0 Å². The number of halogens is 2. The number of aryl methyl sites for hydroxylation is 1. The Morgan fingerprint density at radius 1 is 1.30 bits per heavy atom. The van der Waals surface area contributed by atoms with Gasteiger partial charge < -0.3 is 9.73 Å². The standard InChI is InChI=1S/C13H12F2N2O3/c1-7-3-4-13(20-7)8(2)16-11-6-12(17(18)19)10(15)5-9(11)14/h3-6,8,16H,1-2H3. The van der Waals surface area contributed by atoms with Crippen molar-refractivity contribution in [2.75, 3.05) is 5.32 Å². The van der Waals surface area contributed by atoms with Crippen molar-refractivity contribution in [2.24, 2.45) is 0 Å². The molecule has 0 spiro atoms. The highest BCUT2D eigenvalue weighted by atomic mass is 19.1. The van der Waals surface area contributed by atoms with Gasteiger partial charge in [-0.05, 0) is 26.0 Å². The number of benzene rings is 1. The topological polar surface area (TPSA) is 68.3 Å². The summed E-state index contributed by atoms with van der Waals surface area (Å²) in [6, 6.07) is 4.36. The zero-order chi connectivity index (χ0) is 14.9. The third kappa shape index (κ3) is 2.76. The number of anilines is 1. The monoisotopic (exact) mass is 282 g/mol. The number of nitro benzene ring substituents is 1. The molecule has 0 radical (unpaired) electrons. The molecule has 0 saturated heterocycles. The third-order valence-corrected chi connectivity index (χ3v) is 2.79. The fourth-order valence-corrected chi connectivity index (χ4v) is 1.78. The van der Waals surface area contributed by atoms with Crippen LogP contribution in [0.3, 0.4) is 0 Å². The van der Waals surface area contributed by atoms with Crippen LogP contribution in [0.25, 0.3) is 0 Å². The number of nitro groups is 1. The van der Waals surface area contributed by atoms with E-state index in [1.54, 1.807) is 26.0 Å². The van der Waals surface area contributed by atoms with Crippen LogP contribution < -0.4 is 5.32 Å². The molecule has 5 nitrogen and oxygen atoms in total. The van der Waals surface area contributed by atoms with Crippen molar-refractivity contribution >= 4 is 11.4 Å². The lowest BCUT2D eigenvalue weighted by molar-refractivity contribution is -0.387. The molecular formula is C13H12F2N2O3. The van der Waals surface area contributed by atoms with Gasteiger partial charge >= 0.3 is 5.69 Å². The molecule has 20 heavy (non-hydrogen) atoms. The Morgan fingerprint density at radius 2 is 2.00 bits per heavy atom. The Kier molecular flexibility index (Phi) is 3.69. The average molecular weight is 282 g/mol. The lowest BCUT2D eigenvalue weighted by Crippen LogP contribution is -2.08. The third-order valence-electron chi connectivity index (χ3n) is 2.79. The molecule has 1 aromatic heterocycles. The van der Waals surface area contributed by atoms with Crippen LogP contribution >= 0.6 is 0 Å². The van der Waals surface area contributed by atoms with Gasteiger partial charge in [-0.1, -0.05) is 0 Å². The molecule has 0 aliphatic carbocycles. The molecule has 2 rings (SSSR count). The Labute approximate surface area is 113 Å². The van der Waals surface area contributed by atoms with E-state index in [1.807, 2.05) is 0 Å². The molecule has 1 unspecified atom stereocenters. The zero-order valence-corrected chi connectivity index (χ0v) is 10.8. The first-order chi connectivity index (χ1) is 9.38. The molecule has 0 fully saturated rings. The lowest BCUT2D eigenvalue weighted by atomic mass is 10.2. The highest BCUT2D eigenvalue weighted by Crippen LogP contribution is 2.28. The number of rotatable bonds is 4. The maximum Gasteiger partial charge on any atom is 0.307 e. The molecular weight excluding hydrogens is 270 g/mol. The van der Waals surface area contributed by atoms with Crippen LogP contribution in [0.15, 0.2) is 28.7 Å². The van der Waals surface area contributed by atoms with E-state index in [4.69, 9.17) is 4.42 Å². The quantitative estimate of drug-likeness (QED) is 0.681. The van der Waals surface area contributed by atoms with Crippen molar-refractivity contribution in [2.45, 2.75) is 19.9 Å². The van der Waals surface area contributed by atoms with Gasteiger partial charge in [0.25, 0.3) is 0 Å². The van der Waals surface area contributed by atoms with E-state index in [0.29, 0.717) is 17.6 Å². The van der Waals surface area contributed by atoms with Gasteiger partial charge in [-0.15, -0.1) is 0 Å². The number of nitrogens with one attached hydrogen (secondary N) is 1. The summed E-state index contributed by atoms with van der Waals surface area (Å²) in [6.45, 7) is 3.46. The summed E-state index contributed by atoms with van der Waals surface area (Å²) in [5.41, 5.74) is -0.934. The predicted molar refractivity (Wildman–Crippen MR) is 68.5 cm³/mol. The predicted octanol–water partition coefficient (Wildman–Crippen LogP) is 3.95. The summed E-state index contributed by atoms with van der Waals surface area (Å²) in [7, 11) is 0. The number of furan rings is 1. The van der Waals surface area contributed by atoms with Crippen molar-refractivity contribution in [1.29, 1.82) is 0 Å². The molecule has 1 atom stereocenters. The first kappa shape index (κ1) is 14.0. The largest absolute Gasteiger partial charge is 0.464 e. The number of hydrogen-bond acceptors (Lipinski definition) is 4. The highest BCUT2D eigenvalue weighted by molar-refractivity contribution is 5.53. The second kappa shape index (κ2) is 5.28. The molecule has 0 aliphatic heterocycles. The van der Waals surface area contributed by atoms with Gasteiger partial charge in [-0.25, -0.2) is 4.39 Å². The minimum Gasteiger partial charge on any atom is -0.464 e. The molecule has 0 aliphatic rings. The maximum atomic E-state index is 13.6. The van der Waals surface area contributed by atoms with E-state index >= 15 is 0 Å². The van der Waals surface area contributed by atoms with Gasteiger partial charge in [-0.3, -0.25) is 10.1 Å². The average Bonchev–Trinajstić information content (AvgIpc) is 2.79. The van der Waals surface area contributed by atoms with Crippen LogP contribution in [0, 0.1) is 28.7 Å². The smallest absolute Gasteiger partial charge is 0.307 e. The Morgan fingerprint density at radius 3 is 2.55 bits per heavy atom. The van der Waals surface area contributed by atoms with E-state index < -0.39 is 28.3 Å². The molecule has 106 valence electrons. The fourth-order valence-electron chi connectivity index (χ4n) is 1.78. The molecule has 0 saturated carbocycles. The van der Waals surface area contributed by atoms with Crippen LogP contribution in [0.1, 0.15) is 24.5 Å². The molecule has 7 heteroatoms. The van der Waals surface area contributed by atoms with E-state index in [9.17, 15) is 18.9 Å². The number of nitrogens with zero attached hydrogens (tertiary/aromatic N) is 1. The van der Waals surface area contributed by atoms with Crippen LogP contribution in [0.5, 0.6) is 0 Å². The maximum absolute atomic E-state index is 13.6. The summed E-state index contributed by atoms with van der Waals surface area (Å²) >= 11 is 0. The van der Waals surface area contributed by atoms with Crippen molar-refractivity contribution in [3.05, 3.63) is 57.5 Å². The van der Waals surface area contributed by atoms with Gasteiger partial charge in [0.2, 0.25) is 5.82 Å². The van der Waals surface area contributed by atoms with Crippen molar-refractivity contribution in [1.82, 2.24) is 0 Å². The second-order valence-electron chi connectivity index (χ2n) is 4.36. The lowest BCUT2D eigenvalue weighted by Gasteiger charge is -2.13. The fraction of sp³-hybridized carbons (Fsp3) is 0.231. The minimum atomic E-state index is -1.21. The van der Waals surface area contributed by atoms with Crippen LogP contribution in [-0.2, 0) is 0 Å². The summed E-state index contributed by atoms with van der Waals surface area (Å²) in [5, 5.41) is 13.4. The van der Waals surface area contributed by atoms with Gasteiger partial charge in [0.15, 0.2) is 0 Å². The molecule has 1 heterocycles. The van der Waals surface area contributed by atoms with E-state index in [-0.39, 0.29) is 5.69 Å². The number of hydrogen-bond donors (Lipinski definition) is 1. The van der Waals surface area contributed by atoms with Crippen molar-refractivity contribution < 1.29 is 18.1 Å². The van der Waals surface area contributed by atoms with Crippen molar-refractivity contribution in [3.8, 4) is 0 Å². The Balaban J connectivity index is 2.29. The van der Waals surface area contributed by atoms with Crippen LogP contribution in [-0.4, -0.2) is 4.92 Å². The Bertz CT molecular complexity index is 655. The summed E-state index contributed by atoms with van der Waals surface area (Å²) in [6.07, 6.45) is 0. The first-order valence-electron chi connectivity index (χ1n) is 5.85. The zero-order valence-electron chi connectivity index (χ0n) is 10.8. The molecule has 0 amide bonds. The van der Waals surface area contributed by atoms with Crippen LogP contribution in [0.4, 0.5) is 20.2 Å². The highest BCUT2D eigenvalue weighted by Gasteiger charge is 2.20. The first-order valence-corrected chi connectivity index (χ1v) is 5.85. The van der Waals surface area contributed by atoms with Crippen molar-refractivity contribution in [3.63, 3.8) is 0 Å². The SMILES string of the molecule is Cc1ccc(C(C)Nc2cc([N+](=O)[O-])c(F)cc2F)o1. The van der Waals surface area contributed by atoms with Gasteiger partial charge in [0.1, 0.15) is 17.3 Å². The normalized spacial score (nSPS) is 12.2. The van der Waals surface area contributed by atoms with Gasteiger partial charge in [0, 0.05) is 12.1 Å². The summed E-state index contributed by atoms with van der Waals surface area (Å²) < 4.78 is 32.2. The molecule has 1 N–H and O–H groups in total. The molecule has 1 aromatic carbocycles. The van der Waals surface area contributed by atoms with Gasteiger partial charge in [0.05, 0.1) is 16.7 Å². The minimum absolute atomic E-state index is 0.153. The summed E-state index contributed by atoms with van der Waals surface area (Å²) in [4.78, 5) is 9.74. The van der Waals surface area contributed by atoms with Crippen LogP contribution in [0.2, 0.25) is 0 Å². The summed E-state index contributed by atoms with van der Waals surface area (Å²) in [5.74, 6) is -0.865. The molecule has 0 bridgehead atoms. The van der Waals surface area contributed by atoms with E-state index in [2.05, 4.69) is 5.32 Å².